The van der Waals surface area contributed by atoms with E-state index in [1.54, 1.807) is 7.11 Å². The van der Waals surface area contributed by atoms with Gasteiger partial charge in [0.25, 0.3) is 0 Å². The number of benzene rings is 1. The Bertz CT molecular complexity index is 452. The van der Waals surface area contributed by atoms with Gasteiger partial charge in [0.2, 0.25) is 0 Å². The van der Waals surface area contributed by atoms with Crippen molar-refractivity contribution in [3.8, 4) is 5.75 Å². The van der Waals surface area contributed by atoms with E-state index >= 15 is 0 Å². The number of methoxy groups -OCH3 is 1. The molecule has 1 N–H and O–H groups in total. The number of nitrogens with one attached hydrogen (secondary N) is 1. The fraction of sp³-hybridized carbons (Fsp3) is 0.611. The normalized spacial score (nSPS) is 10.9. The van der Waals surface area contributed by atoms with E-state index in [2.05, 4.69) is 36.3 Å². The molecule has 1 aromatic carbocycles. The zero-order chi connectivity index (χ0) is 16.9. The molecule has 0 heterocycles. The van der Waals surface area contributed by atoms with Gasteiger partial charge >= 0.3 is 0 Å². The highest BCUT2D eigenvalue weighted by atomic mass is 127. The molecule has 0 radical (unpaired) electrons. The molecule has 0 aliphatic heterocycles. The lowest BCUT2D eigenvalue weighted by Gasteiger charge is -2.22. The summed E-state index contributed by atoms with van der Waals surface area (Å²) in [7, 11) is 3.74. The molecule has 0 aliphatic carbocycles. The van der Waals surface area contributed by atoms with Gasteiger partial charge in [0.05, 0.1) is 7.11 Å². The Balaban J connectivity index is 0.00000529. The number of guanidine groups is 1. The average Bonchev–Trinajstić information content (AvgIpc) is 2.57. The van der Waals surface area contributed by atoms with Crippen LogP contribution in [0.5, 0.6) is 5.75 Å². The van der Waals surface area contributed by atoms with Crippen molar-refractivity contribution in [3.63, 3.8) is 0 Å². The molecule has 1 aromatic rings. The predicted octanol–water partition coefficient (Wildman–Crippen LogP) is 3.53. The van der Waals surface area contributed by atoms with Gasteiger partial charge in [-0.05, 0) is 44.4 Å². The first kappa shape index (κ1) is 23.0. The molecular formula is C18H32IN3O2. The van der Waals surface area contributed by atoms with Crippen LogP contribution in [0.4, 0.5) is 0 Å². The van der Waals surface area contributed by atoms with Gasteiger partial charge in [0.15, 0.2) is 5.96 Å². The largest absolute Gasteiger partial charge is 0.497 e. The summed E-state index contributed by atoms with van der Waals surface area (Å²) in [4.78, 5) is 6.84. The van der Waals surface area contributed by atoms with E-state index in [0.717, 1.165) is 57.4 Å². The maximum absolute atomic E-state index is 5.35. The Morgan fingerprint density at radius 3 is 2.46 bits per heavy atom. The molecule has 0 saturated heterocycles. The van der Waals surface area contributed by atoms with Crippen molar-refractivity contribution >= 4 is 29.9 Å². The van der Waals surface area contributed by atoms with Crippen LogP contribution in [0.25, 0.3) is 0 Å². The Morgan fingerprint density at radius 1 is 1.17 bits per heavy atom. The lowest BCUT2D eigenvalue weighted by molar-refractivity contribution is 0.144. The highest BCUT2D eigenvalue weighted by Crippen LogP contribution is 2.12. The lowest BCUT2D eigenvalue weighted by Crippen LogP contribution is -2.38. The van der Waals surface area contributed by atoms with Gasteiger partial charge in [-0.15, -0.1) is 24.0 Å². The van der Waals surface area contributed by atoms with Crippen LogP contribution in [0, 0.1) is 0 Å². The van der Waals surface area contributed by atoms with Crippen molar-refractivity contribution in [1.82, 2.24) is 10.2 Å². The van der Waals surface area contributed by atoms with Crippen LogP contribution in [0.2, 0.25) is 0 Å². The van der Waals surface area contributed by atoms with E-state index in [1.807, 2.05) is 19.1 Å². The summed E-state index contributed by atoms with van der Waals surface area (Å²) in [5.41, 5.74) is 1.23. The van der Waals surface area contributed by atoms with Crippen molar-refractivity contribution in [2.45, 2.75) is 33.2 Å². The van der Waals surface area contributed by atoms with Crippen LogP contribution < -0.4 is 10.1 Å². The summed E-state index contributed by atoms with van der Waals surface area (Å²) in [6.45, 7) is 8.23. The summed E-state index contributed by atoms with van der Waals surface area (Å²) >= 11 is 0. The molecule has 0 saturated carbocycles. The molecule has 6 heteroatoms. The number of rotatable bonds is 10. The standard InChI is InChI=1S/C18H31N3O2.HI/c1-5-19-18(20-13-7-8-14-23-6-2)21(3)15-16-9-11-17(22-4)12-10-16;/h9-12H,5-8,13-15H2,1-4H3,(H,19,20);1H. The second-order valence-corrected chi connectivity index (χ2v) is 5.34. The molecule has 5 nitrogen and oxygen atoms in total. The summed E-state index contributed by atoms with van der Waals surface area (Å²) < 4.78 is 10.5. The van der Waals surface area contributed by atoms with Gasteiger partial charge in [-0.1, -0.05) is 12.1 Å². The minimum Gasteiger partial charge on any atom is -0.497 e. The van der Waals surface area contributed by atoms with Crippen LogP contribution in [-0.2, 0) is 11.3 Å². The van der Waals surface area contributed by atoms with E-state index < -0.39 is 0 Å². The number of hydrogen-bond donors (Lipinski definition) is 1. The average molecular weight is 449 g/mol. The molecule has 0 fully saturated rings. The molecule has 0 amide bonds. The summed E-state index contributed by atoms with van der Waals surface area (Å²) in [6.07, 6.45) is 2.10. The van der Waals surface area contributed by atoms with Crippen LogP contribution in [-0.4, -0.2) is 51.3 Å². The third-order valence-electron chi connectivity index (χ3n) is 3.44. The Morgan fingerprint density at radius 2 is 1.88 bits per heavy atom. The van der Waals surface area contributed by atoms with Gasteiger partial charge in [-0.2, -0.15) is 0 Å². The molecule has 138 valence electrons. The quantitative estimate of drug-likeness (QED) is 0.257. The highest BCUT2D eigenvalue weighted by Gasteiger charge is 2.06. The first-order valence-corrected chi connectivity index (χ1v) is 8.41. The fourth-order valence-electron chi connectivity index (χ4n) is 2.19. The van der Waals surface area contributed by atoms with E-state index in [0.29, 0.717) is 0 Å². The maximum atomic E-state index is 5.35. The molecule has 0 aliphatic rings. The molecule has 24 heavy (non-hydrogen) atoms. The van der Waals surface area contributed by atoms with Gasteiger partial charge in [-0.25, -0.2) is 0 Å². The number of hydrogen-bond acceptors (Lipinski definition) is 3. The van der Waals surface area contributed by atoms with E-state index in [4.69, 9.17) is 14.5 Å². The molecule has 0 bridgehead atoms. The lowest BCUT2D eigenvalue weighted by atomic mass is 10.2. The van der Waals surface area contributed by atoms with Crippen LogP contribution in [0.1, 0.15) is 32.3 Å². The minimum absolute atomic E-state index is 0. The minimum atomic E-state index is 0. The van der Waals surface area contributed by atoms with Crippen molar-refractivity contribution < 1.29 is 9.47 Å². The van der Waals surface area contributed by atoms with Crippen LogP contribution >= 0.6 is 24.0 Å². The first-order valence-electron chi connectivity index (χ1n) is 8.41. The molecule has 1 rings (SSSR count). The van der Waals surface area contributed by atoms with Crippen molar-refractivity contribution in [1.29, 1.82) is 0 Å². The number of nitrogens with zero attached hydrogens (tertiary/aromatic N) is 2. The second-order valence-electron chi connectivity index (χ2n) is 5.34. The van der Waals surface area contributed by atoms with Gasteiger partial charge in [0.1, 0.15) is 5.75 Å². The van der Waals surface area contributed by atoms with Crippen LogP contribution in [0.15, 0.2) is 29.3 Å². The molecule has 0 atom stereocenters. The summed E-state index contributed by atoms with van der Waals surface area (Å²) in [6, 6.07) is 8.14. The third-order valence-corrected chi connectivity index (χ3v) is 3.44. The van der Waals surface area contributed by atoms with E-state index in [9.17, 15) is 0 Å². The van der Waals surface area contributed by atoms with E-state index in [1.165, 1.54) is 5.56 Å². The summed E-state index contributed by atoms with van der Waals surface area (Å²) in [5.74, 6) is 1.83. The van der Waals surface area contributed by atoms with Crippen molar-refractivity contribution in [2.75, 3.05) is 40.5 Å². The monoisotopic (exact) mass is 449 g/mol. The number of aliphatic imine (C=N–C) groups is 1. The Hall–Kier alpha value is -1.02. The highest BCUT2D eigenvalue weighted by molar-refractivity contribution is 14.0. The Kier molecular flexibility index (Phi) is 13.7. The third kappa shape index (κ3) is 9.32. The zero-order valence-corrected chi connectivity index (χ0v) is 17.7. The Labute approximate surface area is 163 Å². The molecule has 0 spiro atoms. The van der Waals surface area contributed by atoms with Crippen molar-refractivity contribution in [3.05, 3.63) is 29.8 Å². The maximum Gasteiger partial charge on any atom is 0.193 e. The molecule has 0 aromatic heterocycles. The van der Waals surface area contributed by atoms with Crippen LogP contribution in [0.3, 0.4) is 0 Å². The number of ether oxygens (including phenoxy) is 2. The topological polar surface area (TPSA) is 46.1 Å². The van der Waals surface area contributed by atoms with Gasteiger partial charge in [-0.3, -0.25) is 4.99 Å². The predicted molar refractivity (Wildman–Crippen MR) is 112 cm³/mol. The summed E-state index contributed by atoms with van der Waals surface area (Å²) in [5, 5.41) is 3.35. The number of halogens is 1. The SMILES string of the molecule is CCNC(=NCCCCOCC)N(C)Cc1ccc(OC)cc1.I. The van der Waals surface area contributed by atoms with Crippen molar-refractivity contribution in [2.24, 2.45) is 4.99 Å². The fourth-order valence-corrected chi connectivity index (χ4v) is 2.19. The smallest absolute Gasteiger partial charge is 0.193 e. The molecular weight excluding hydrogens is 417 g/mol. The molecule has 0 unspecified atom stereocenters. The van der Waals surface area contributed by atoms with Gasteiger partial charge in [0, 0.05) is 39.9 Å². The van der Waals surface area contributed by atoms with E-state index in [-0.39, 0.29) is 24.0 Å². The number of unbranched alkanes of at least 4 members (excludes halogenated alkanes) is 1. The zero-order valence-electron chi connectivity index (χ0n) is 15.4. The van der Waals surface area contributed by atoms with Gasteiger partial charge < -0.3 is 19.7 Å². The first-order chi connectivity index (χ1) is 11.2. The second kappa shape index (κ2) is 14.3.